The number of carbonyl (C=O) groups excluding carboxylic acids is 1. The van der Waals surface area contributed by atoms with Gasteiger partial charge in [-0.15, -0.1) is 0 Å². The lowest BCUT2D eigenvalue weighted by atomic mass is 9.91. The van der Waals surface area contributed by atoms with Crippen LogP contribution in [0.4, 0.5) is 4.79 Å². The van der Waals surface area contributed by atoms with Crippen molar-refractivity contribution in [2.75, 3.05) is 20.3 Å². The Morgan fingerprint density at radius 3 is 2.55 bits per heavy atom. The van der Waals surface area contributed by atoms with E-state index in [1.54, 1.807) is 7.11 Å². The molecule has 22 heavy (non-hydrogen) atoms. The maximum Gasteiger partial charge on any atom is 0.407 e. The summed E-state index contributed by atoms with van der Waals surface area (Å²) in [4.78, 5) is 11.8. The first kappa shape index (κ1) is 19.2. The second-order valence-corrected chi connectivity index (χ2v) is 7.21. The van der Waals surface area contributed by atoms with Crippen LogP contribution in [-0.2, 0) is 9.47 Å². The molecule has 0 aromatic rings. The predicted octanol–water partition coefficient (Wildman–Crippen LogP) is 3.23. The Bertz CT molecular complexity index is 316. The Kier molecular flexibility index (Phi) is 8.79. The molecule has 2 atom stereocenters. The van der Waals surface area contributed by atoms with Gasteiger partial charge in [0.05, 0.1) is 0 Å². The Morgan fingerprint density at radius 1 is 1.14 bits per heavy atom. The molecule has 2 N–H and O–H groups in total. The summed E-state index contributed by atoms with van der Waals surface area (Å²) in [5.41, 5.74) is -0.432. The molecule has 0 aromatic carbocycles. The lowest BCUT2D eigenvalue weighted by Crippen LogP contribution is -2.45. The quantitative estimate of drug-likeness (QED) is 0.675. The van der Waals surface area contributed by atoms with Crippen molar-refractivity contribution >= 4 is 6.09 Å². The molecule has 1 amide bonds. The van der Waals surface area contributed by atoms with Crippen LogP contribution in [0.1, 0.15) is 65.7 Å². The van der Waals surface area contributed by atoms with E-state index >= 15 is 0 Å². The zero-order chi connectivity index (χ0) is 16.4. The highest BCUT2D eigenvalue weighted by Gasteiger charge is 2.25. The average Bonchev–Trinajstić information content (AvgIpc) is 2.41. The molecule has 1 aliphatic rings. The molecule has 5 heteroatoms. The van der Waals surface area contributed by atoms with Crippen molar-refractivity contribution in [1.82, 2.24) is 10.6 Å². The van der Waals surface area contributed by atoms with E-state index in [1.807, 2.05) is 20.8 Å². The molecular weight excluding hydrogens is 280 g/mol. The van der Waals surface area contributed by atoms with Crippen molar-refractivity contribution < 1.29 is 14.3 Å². The summed E-state index contributed by atoms with van der Waals surface area (Å²) in [7, 11) is 1.75. The normalized spacial score (nSPS) is 22.4. The van der Waals surface area contributed by atoms with Gasteiger partial charge in [-0.2, -0.15) is 0 Å². The van der Waals surface area contributed by atoms with Gasteiger partial charge in [-0.1, -0.05) is 0 Å². The smallest absolute Gasteiger partial charge is 0.407 e. The molecule has 1 rings (SSSR count). The van der Waals surface area contributed by atoms with E-state index in [-0.39, 0.29) is 12.1 Å². The monoisotopic (exact) mass is 314 g/mol. The third-order valence-electron chi connectivity index (χ3n) is 3.85. The van der Waals surface area contributed by atoms with Crippen LogP contribution in [0.5, 0.6) is 0 Å². The summed E-state index contributed by atoms with van der Waals surface area (Å²) in [6.07, 6.45) is 7.62. The molecular formula is C17H34N2O3. The second-order valence-electron chi connectivity index (χ2n) is 7.21. The highest BCUT2D eigenvalue weighted by molar-refractivity contribution is 5.68. The van der Waals surface area contributed by atoms with Gasteiger partial charge in [0, 0.05) is 25.8 Å². The molecule has 0 spiro atoms. The highest BCUT2D eigenvalue weighted by atomic mass is 16.6. The minimum absolute atomic E-state index is 0.231. The third kappa shape index (κ3) is 9.26. The molecule has 5 nitrogen and oxygen atoms in total. The number of rotatable bonds is 8. The Balaban J connectivity index is 2.17. The first-order valence-corrected chi connectivity index (χ1v) is 8.62. The summed E-state index contributed by atoms with van der Waals surface area (Å²) in [6.45, 7) is 7.57. The van der Waals surface area contributed by atoms with E-state index in [2.05, 4.69) is 10.6 Å². The van der Waals surface area contributed by atoms with E-state index in [0.29, 0.717) is 6.04 Å². The fraction of sp³-hybridized carbons (Fsp3) is 0.941. The van der Waals surface area contributed by atoms with Crippen LogP contribution in [0.15, 0.2) is 0 Å². The number of methoxy groups -OCH3 is 1. The van der Waals surface area contributed by atoms with Gasteiger partial charge >= 0.3 is 6.09 Å². The number of amides is 1. The summed E-state index contributed by atoms with van der Waals surface area (Å²) in [5.74, 6) is 0. The maximum atomic E-state index is 11.8. The molecule has 0 radical (unpaired) electrons. The molecule has 0 bridgehead atoms. The number of hydrogen-bond acceptors (Lipinski definition) is 4. The van der Waals surface area contributed by atoms with Gasteiger partial charge < -0.3 is 20.1 Å². The number of nitrogens with one attached hydrogen (secondary N) is 2. The third-order valence-corrected chi connectivity index (χ3v) is 3.85. The van der Waals surface area contributed by atoms with Crippen LogP contribution in [0.25, 0.3) is 0 Å². The van der Waals surface area contributed by atoms with E-state index < -0.39 is 5.60 Å². The molecule has 130 valence electrons. The molecule has 0 aliphatic heterocycles. The minimum atomic E-state index is -0.432. The van der Waals surface area contributed by atoms with Gasteiger partial charge in [-0.3, -0.25) is 0 Å². The van der Waals surface area contributed by atoms with Gasteiger partial charge in [0.2, 0.25) is 0 Å². The summed E-state index contributed by atoms with van der Waals surface area (Å²) >= 11 is 0. The van der Waals surface area contributed by atoms with E-state index in [0.717, 1.165) is 38.8 Å². The van der Waals surface area contributed by atoms with Gasteiger partial charge in [0.15, 0.2) is 0 Å². The van der Waals surface area contributed by atoms with Crippen LogP contribution in [0, 0.1) is 0 Å². The molecule has 1 saturated carbocycles. The largest absolute Gasteiger partial charge is 0.444 e. The van der Waals surface area contributed by atoms with Crippen molar-refractivity contribution in [1.29, 1.82) is 0 Å². The van der Waals surface area contributed by atoms with Crippen LogP contribution in [-0.4, -0.2) is 44.0 Å². The predicted molar refractivity (Wildman–Crippen MR) is 89.1 cm³/mol. The van der Waals surface area contributed by atoms with Gasteiger partial charge in [-0.05, 0) is 72.3 Å². The number of alkyl carbamates (subject to hydrolysis) is 1. The van der Waals surface area contributed by atoms with Crippen molar-refractivity contribution in [3.05, 3.63) is 0 Å². The molecule has 1 fully saturated rings. The van der Waals surface area contributed by atoms with Crippen molar-refractivity contribution in [3.8, 4) is 0 Å². The standard InChI is InChI=1S/C17H34N2O3/c1-17(2,3)22-16(20)19-15-10-8-9-14(13-15)18-11-6-5-7-12-21-4/h14-15,18H,5-13H2,1-4H3,(H,19,20). The fourth-order valence-corrected chi connectivity index (χ4v) is 2.83. The van der Waals surface area contributed by atoms with Crippen molar-refractivity contribution in [2.24, 2.45) is 0 Å². The number of unbranched alkanes of at least 4 members (excludes halogenated alkanes) is 2. The maximum absolute atomic E-state index is 11.8. The number of hydrogen-bond donors (Lipinski definition) is 2. The Morgan fingerprint density at radius 2 is 1.86 bits per heavy atom. The van der Waals surface area contributed by atoms with Gasteiger partial charge in [0.1, 0.15) is 5.60 Å². The van der Waals surface area contributed by atoms with E-state index in [1.165, 1.54) is 19.3 Å². The molecule has 2 unspecified atom stereocenters. The molecule has 1 aliphatic carbocycles. The van der Waals surface area contributed by atoms with Crippen molar-refractivity contribution in [2.45, 2.75) is 83.4 Å². The molecule has 0 aromatic heterocycles. The van der Waals surface area contributed by atoms with E-state index in [4.69, 9.17) is 9.47 Å². The van der Waals surface area contributed by atoms with E-state index in [9.17, 15) is 4.79 Å². The summed E-state index contributed by atoms with van der Waals surface area (Å²) < 4.78 is 10.4. The first-order chi connectivity index (χ1) is 10.4. The average molecular weight is 314 g/mol. The highest BCUT2D eigenvalue weighted by Crippen LogP contribution is 2.19. The Hall–Kier alpha value is -0.810. The van der Waals surface area contributed by atoms with Gasteiger partial charge in [0.25, 0.3) is 0 Å². The zero-order valence-electron chi connectivity index (χ0n) is 14.7. The SMILES string of the molecule is COCCCCCNC1CCCC(NC(=O)OC(C)(C)C)C1. The number of carbonyl (C=O) groups is 1. The minimum Gasteiger partial charge on any atom is -0.444 e. The van der Waals surface area contributed by atoms with Crippen LogP contribution in [0.2, 0.25) is 0 Å². The summed E-state index contributed by atoms with van der Waals surface area (Å²) in [5, 5.41) is 6.62. The zero-order valence-corrected chi connectivity index (χ0v) is 14.7. The van der Waals surface area contributed by atoms with Crippen molar-refractivity contribution in [3.63, 3.8) is 0 Å². The Labute approximate surface area is 135 Å². The van der Waals surface area contributed by atoms with Crippen LogP contribution in [0.3, 0.4) is 0 Å². The molecule has 0 heterocycles. The molecule has 0 saturated heterocycles. The lowest BCUT2D eigenvalue weighted by molar-refractivity contribution is 0.0488. The lowest BCUT2D eigenvalue weighted by Gasteiger charge is -2.31. The van der Waals surface area contributed by atoms with Crippen LogP contribution < -0.4 is 10.6 Å². The van der Waals surface area contributed by atoms with Gasteiger partial charge in [-0.25, -0.2) is 4.79 Å². The van der Waals surface area contributed by atoms with Crippen LogP contribution >= 0.6 is 0 Å². The topological polar surface area (TPSA) is 59.6 Å². The second kappa shape index (κ2) is 10.1. The fourth-order valence-electron chi connectivity index (χ4n) is 2.83. The summed E-state index contributed by atoms with van der Waals surface area (Å²) in [6, 6.07) is 0.741. The first-order valence-electron chi connectivity index (χ1n) is 8.62. The number of ether oxygens (including phenoxy) is 2.